The monoisotopic (exact) mass is 309 g/mol. The van der Waals surface area contributed by atoms with Crippen molar-refractivity contribution in [2.45, 2.75) is 45.1 Å². The van der Waals surface area contributed by atoms with Crippen LogP contribution in [0.15, 0.2) is 5.10 Å². The largest absolute Gasteiger partial charge is 0.348 e. The minimum absolute atomic E-state index is 0.0361. The molecule has 0 aliphatic carbocycles. The van der Waals surface area contributed by atoms with Crippen LogP contribution < -0.4 is 16.1 Å². The predicted octanol–water partition coefficient (Wildman–Crippen LogP) is -0.0474. The van der Waals surface area contributed by atoms with Crippen molar-refractivity contribution in [1.29, 1.82) is 0 Å². The fraction of sp³-hybridized carbons (Fsp3) is 0.714. The van der Waals surface area contributed by atoms with Crippen LogP contribution in [0.4, 0.5) is 4.79 Å². The minimum Gasteiger partial charge on any atom is -0.348 e. The Labute approximate surface area is 129 Å². The second-order valence-corrected chi connectivity index (χ2v) is 5.56. The van der Waals surface area contributed by atoms with Crippen LogP contribution in [0.1, 0.15) is 39.0 Å². The van der Waals surface area contributed by atoms with E-state index in [9.17, 15) is 14.4 Å². The van der Waals surface area contributed by atoms with Gasteiger partial charge in [0.25, 0.3) is 5.91 Å². The van der Waals surface area contributed by atoms with Crippen molar-refractivity contribution in [3.8, 4) is 0 Å². The smallest absolute Gasteiger partial charge is 0.317 e. The van der Waals surface area contributed by atoms with Gasteiger partial charge in [0.15, 0.2) is 0 Å². The van der Waals surface area contributed by atoms with E-state index in [1.165, 1.54) is 0 Å². The molecule has 2 aliphatic rings. The van der Waals surface area contributed by atoms with Crippen molar-refractivity contribution in [3.05, 3.63) is 0 Å². The maximum atomic E-state index is 12.0. The first-order chi connectivity index (χ1) is 10.6. The van der Waals surface area contributed by atoms with Crippen LogP contribution in [0, 0.1) is 0 Å². The average Bonchev–Trinajstić information content (AvgIpc) is 2.54. The number of carbonyl (C=O) groups is 3. The van der Waals surface area contributed by atoms with Crippen molar-refractivity contribution in [1.82, 2.24) is 21.0 Å². The lowest BCUT2D eigenvalue weighted by atomic mass is 10.0. The van der Waals surface area contributed by atoms with Crippen LogP contribution in [-0.4, -0.2) is 54.1 Å². The first kappa shape index (κ1) is 16.3. The summed E-state index contributed by atoms with van der Waals surface area (Å²) in [4.78, 5) is 36.7. The number of rotatable bonds is 4. The van der Waals surface area contributed by atoms with Gasteiger partial charge in [-0.1, -0.05) is 6.92 Å². The molecule has 2 aliphatic heterocycles. The fourth-order valence-electron chi connectivity index (χ4n) is 2.48. The zero-order valence-electron chi connectivity index (χ0n) is 12.9. The zero-order valence-corrected chi connectivity index (χ0v) is 12.9. The first-order valence-corrected chi connectivity index (χ1v) is 7.79. The van der Waals surface area contributed by atoms with Gasteiger partial charge in [-0.15, -0.1) is 0 Å². The number of amides is 4. The molecule has 0 spiro atoms. The van der Waals surface area contributed by atoms with E-state index < -0.39 is 0 Å². The quantitative estimate of drug-likeness (QED) is 0.678. The van der Waals surface area contributed by atoms with Gasteiger partial charge in [-0.3, -0.25) is 9.59 Å². The molecular weight excluding hydrogens is 286 g/mol. The highest BCUT2D eigenvalue weighted by atomic mass is 16.2. The van der Waals surface area contributed by atoms with Gasteiger partial charge in [0, 0.05) is 38.5 Å². The van der Waals surface area contributed by atoms with Gasteiger partial charge in [0.05, 0.1) is 0 Å². The highest BCUT2D eigenvalue weighted by Gasteiger charge is 2.26. The summed E-state index contributed by atoms with van der Waals surface area (Å²) in [5, 5.41) is 9.56. The van der Waals surface area contributed by atoms with Crippen molar-refractivity contribution in [2.75, 3.05) is 19.6 Å². The topological polar surface area (TPSA) is 103 Å². The van der Waals surface area contributed by atoms with Crippen molar-refractivity contribution in [3.63, 3.8) is 0 Å². The van der Waals surface area contributed by atoms with E-state index in [0.29, 0.717) is 38.2 Å². The maximum Gasteiger partial charge on any atom is 0.317 e. The molecule has 4 amide bonds. The molecule has 8 nitrogen and oxygen atoms in total. The van der Waals surface area contributed by atoms with Crippen LogP contribution in [0.3, 0.4) is 0 Å². The molecule has 0 unspecified atom stereocenters. The van der Waals surface area contributed by atoms with Crippen LogP contribution in [0.2, 0.25) is 0 Å². The Balaban J connectivity index is 1.74. The molecule has 0 bridgehead atoms. The highest BCUT2D eigenvalue weighted by molar-refractivity contribution is 6.39. The second-order valence-electron chi connectivity index (χ2n) is 5.56. The molecule has 2 heterocycles. The Morgan fingerprint density at radius 1 is 1.32 bits per heavy atom. The normalized spacial score (nSPS) is 19.2. The third kappa shape index (κ3) is 4.44. The molecule has 0 aromatic rings. The van der Waals surface area contributed by atoms with Gasteiger partial charge in [-0.25, -0.2) is 10.2 Å². The molecule has 1 saturated heterocycles. The SMILES string of the molecule is CCCNC(=O)N1CCC(NC(=O)C2=NNC(=O)CC2)CC1. The first-order valence-electron chi connectivity index (χ1n) is 7.79. The second kappa shape index (κ2) is 7.77. The molecule has 0 aromatic heterocycles. The molecule has 22 heavy (non-hydrogen) atoms. The molecule has 122 valence electrons. The number of nitrogens with one attached hydrogen (secondary N) is 3. The number of nitrogens with zero attached hydrogens (tertiary/aromatic N) is 2. The number of hydrogen-bond donors (Lipinski definition) is 3. The minimum atomic E-state index is -0.228. The van der Waals surface area contributed by atoms with Gasteiger partial charge < -0.3 is 15.5 Å². The van der Waals surface area contributed by atoms with E-state index >= 15 is 0 Å². The molecule has 1 fully saturated rings. The molecule has 0 saturated carbocycles. The third-order valence-corrected chi connectivity index (χ3v) is 3.81. The number of hydrazone groups is 1. The standard InChI is InChI=1S/C14H23N5O3/c1-2-7-15-14(22)19-8-5-10(6-9-19)16-13(21)11-3-4-12(20)18-17-11/h10H,2-9H2,1H3,(H,15,22)(H,16,21)(H,18,20). The Morgan fingerprint density at radius 3 is 2.64 bits per heavy atom. The zero-order chi connectivity index (χ0) is 15.9. The lowest BCUT2D eigenvalue weighted by molar-refractivity contribution is -0.121. The van der Waals surface area contributed by atoms with E-state index in [1.807, 2.05) is 6.92 Å². The van der Waals surface area contributed by atoms with Crippen molar-refractivity contribution < 1.29 is 14.4 Å². The summed E-state index contributed by atoms with van der Waals surface area (Å²) in [5.41, 5.74) is 2.68. The van der Waals surface area contributed by atoms with E-state index in [2.05, 4.69) is 21.2 Å². The molecular formula is C14H23N5O3. The number of likely N-dealkylation sites (tertiary alicyclic amines) is 1. The number of carbonyl (C=O) groups excluding carboxylic acids is 3. The summed E-state index contributed by atoms with van der Waals surface area (Å²) in [6.07, 6.45) is 3.03. The average molecular weight is 309 g/mol. The van der Waals surface area contributed by atoms with Crippen LogP contribution in [-0.2, 0) is 9.59 Å². The summed E-state index contributed by atoms with van der Waals surface area (Å²) in [7, 11) is 0. The number of piperidine rings is 1. The van der Waals surface area contributed by atoms with Gasteiger partial charge in [0.2, 0.25) is 5.91 Å². The van der Waals surface area contributed by atoms with Crippen LogP contribution >= 0.6 is 0 Å². The molecule has 0 atom stereocenters. The Morgan fingerprint density at radius 2 is 2.05 bits per heavy atom. The number of hydrogen-bond acceptors (Lipinski definition) is 4. The fourth-order valence-corrected chi connectivity index (χ4v) is 2.48. The van der Waals surface area contributed by atoms with Gasteiger partial charge in [-0.2, -0.15) is 5.10 Å². The summed E-state index contributed by atoms with van der Waals surface area (Å²) in [6.45, 7) is 3.95. The van der Waals surface area contributed by atoms with Gasteiger partial charge in [0.1, 0.15) is 5.71 Å². The van der Waals surface area contributed by atoms with Gasteiger partial charge in [-0.05, 0) is 19.3 Å². The van der Waals surface area contributed by atoms with Gasteiger partial charge >= 0.3 is 6.03 Å². The highest BCUT2D eigenvalue weighted by Crippen LogP contribution is 2.11. The van der Waals surface area contributed by atoms with E-state index in [0.717, 1.165) is 19.3 Å². The van der Waals surface area contributed by atoms with Crippen LogP contribution in [0.25, 0.3) is 0 Å². The van der Waals surface area contributed by atoms with E-state index in [-0.39, 0.29) is 23.9 Å². The lowest BCUT2D eigenvalue weighted by Gasteiger charge is -2.32. The Kier molecular flexibility index (Phi) is 5.74. The molecule has 2 rings (SSSR count). The van der Waals surface area contributed by atoms with E-state index in [4.69, 9.17) is 0 Å². The summed E-state index contributed by atoms with van der Waals surface area (Å²) in [5.74, 6) is -0.392. The molecule has 0 radical (unpaired) electrons. The summed E-state index contributed by atoms with van der Waals surface area (Å²) in [6, 6.07) is 0.00838. The molecule has 0 aromatic carbocycles. The Bertz CT molecular complexity index is 469. The van der Waals surface area contributed by atoms with Crippen molar-refractivity contribution >= 4 is 23.6 Å². The van der Waals surface area contributed by atoms with Crippen LogP contribution in [0.5, 0.6) is 0 Å². The predicted molar refractivity (Wildman–Crippen MR) is 81.2 cm³/mol. The third-order valence-electron chi connectivity index (χ3n) is 3.81. The lowest BCUT2D eigenvalue weighted by Crippen LogP contribution is -2.50. The maximum absolute atomic E-state index is 12.0. The summed E-state index contributed by atoms with van der Waals surface area (Å²) < 4.78 is 0. The Hall–Kier alpha value is -2.12. The molecule has 8 heteroatoms. The van der Waals surface area contributed by atoms with E-state index in [1.54, 1.807) is 4.90 Å². The molecule has 3 N–H and O–H groups in total. The van der Waals surface area contributed by atoms with Crippen molar-refractivity contribution in [2.24, 2.45) is 5.10 Å². The summed E-state index contributed by atoms with van der Waals surface area (Å²) >= 11 is 0. The number of urea groups is 1.